The molecule has 0 unspecified atom stereocenters. The summed E-state index contributed by atoms with van der Waals surface area (Å²) in [6, 6.07) is 5.34. The number of benzene rings is 1. The predicted molar refractivity (Wildman–Crippen MR) is 90.4 cm³/mol. The van der Waals surface area contributed by atoms with Crippen molar-refractivity contribution in [2.24, 2.45) is 0 Å². The lowest BCUT2D eigenvalue weighted by atomic mass is 9.90. The number of ether oxygens (including phenoxy) is 1. The van der Waals surface area contributed by atoms with Crippen molar-refractivity contribution < 1.29 is 14.3 Å². The van der Waals surface area contributed by atoms with E-state index in [1.165, 1.54) is 0 Å². The summed E-state index contributed by atoms with van der Waals surface area (Å²) in [7, 11) is 0. The Kier molecular flexibility index (Phi) is 4.57. The van der Waals surface area contributed by atoms with Gasteiger partial charge in [-0.15, -0.1) is 0 Å². The Morgan fingerprint density at radius 1 is 1.21 bits per heavy atom. The first-order chi connectivity index (χ1) is 11.5. The van der Waals surface area contributed by atoms with Crippen molar-refractivity contribution in [1.29, 1.82) is 0 Å². The lowest BCUT2D eigenvalue weighted by molar-refractivity contribution is -0.131. The van der Waals surface area contributed by atoms with Gasteiger partial charge in [-0.25, -0.2) is 4.79 Å². The van der Waals surface area contributed by atoms with Crippen molar-refractivity contribution in [1.82, 2.24) is 15.5 Å². The molecule has 1 aromatic rings. The Labute approximate surface area is 141 Å². The van der Waals surface area contributed by atoms with E-state index in [0.29, 0.717) is 37.6 Å². The van der Waals surface area contributed by atoms with Crippen molar-refractivity contribution in [3.05, 3.63) is 46.2 Å². The Balaban J connectivity index is 2.00. The van der Waals surface area contributed by atoms with E-state index in [4.69, 9.17) is 4.74 Å². The zero-order valence-electron chi connectivity index (χ0n) is 14.3. The molecule has 1 aromatic carbocycles. The van der Waals surface area contributed by atoms with Crippen molar-refractivity contribution in [2.45, 2.75) is 26.8 Å². The van der Waals surface area contributed by atoms with Gasteiger partial charge in [0.2, 0.25) is 0 Å². The molecule has 0 bridgehead atoms. The number of urea groups is 1. The number of hydrogen-bond acceptors (Lipinski definition) is 3. The molecule has 2 N–H and O–H groups in total. The van der Waals surface area contributed by atoms with Gasteiger partial charge in [0, 0.05) is 18.8 Å². The molecular weight excluding hydrogens is 306 g/mol. The second kappa shape index (κ2) is 6.65. The highest BCUT2D eigenvalue weighted by Gasteiger charge is 2.34. The van der Waals surface area contributed by atoms with E-state index >= 15 is 0 Å². The highest BCUT2D eigenvalue weighted by molar-refractivity contribution is 5.98. The smallest absolute Gasteiger partial charge is 0.319 e. The van der Waals surface area contributed by atoms with Crippen LogP contribution >= 0.6 is 0 Å². The Morgan fingerprint density at radius 3 is 2.58 bits per heavy atom. The molecule has 128 valence electrons. The van der Waals surface area contributed by atoms with Gasteiger partial charge in [-0.3, -0.25) is 4.79 Å². The molecule has 0 aromatic heterocycles. The maximum absolute atomic E-state index is 13.1. The quantitative estimate of drug-likeness (QED) is 0.869. The summed E-state index contributed by atoms with van der Waals surface area (Å²) < 4.78 is 5.33. The van der Waals surface area contributed by atoms with Crippen molar-refractivity contribution in [3.63, 3.8) is 0 Å². The molecule has 6 heteroatoms. The van der Waals surface area contributed by atoms with Crippen LogP contribution in [0, 0.1) is 13.8 Å². The molecule has 2 heterocycles. The van der Waals surface area contributed by atoms with Gasteiger partial charge >= 0.3 is 6.03 Å². The number of carbonyl (C=O) groups is 2. The monoisotopic (exact) mass is 329 g/mol. The number of nitrogens with one attached hydrogen (secondary N) is 2. The number of aryl methyl sites for hydroxylation is 2. The average Bonchev–Trinajstić information content (AvgIpc) is 2.54. The Morgan fingerprint density at radius 2 is 1.92 bits per heavy atom. The highest BCUT2D eigenvalue weighted by Crippen LogP contribution is 2.30. The summed E-state index contributed by atoms with van der Waals surface area (Å²) in [5, 5.41) is 5.64. The number of morpholine rings is 1. The third-order valence-electron chi connectivity index (χ3n) is 4.53. The second-order valence-corrected chi connectivity index (χ2v) is 6.33. The highest BCUT2D eigenvalue weighted by atomic mass is 16.5. The van der Waals surface area contributed by atoms with Crippen LogP contribution in [0.1, 0.15) is 29.7 Å². The maximum atomic E-state index is 13.1. The Hall–Kier alpha value is -2.34. The van der Waals surface area contributed by atoms with E-state index in [-0.39, 0.29) is 11.9 Å². The molecule has 2 aliphatic heterocycles. The molecule has 0 saturated carbocycles. The molecule has 0 radical (unpaired) electrons. The molecule has 0 aliphatic carbocycles. The van der Waals surface area contributed by atoms with E-state index in [1.807, 2.05) is 26.0 Å². The summed E-state index contributed by atoms with van der Waals surface area (Å²) in [4.78, 5) is 26.8. The molecule has 1 atom stereocenters. The van der Waals surface area contributed by atoms with Crippen LogP contribution in [0.2, 0.25) is 0 Å². The van der Waals surface area contributed by atoms with Crippen LogP contribution in [0.4, 0.5) is 4.79 Å². The van der Waals surface area contributed by atoms with Gasteiger partial charge in [-0.1, -0.05) is 23.8 Å². The molecule has 3 amide bonds. The first-order valence-electron chi connectivity index (χ1n) is 8.20. The molecule has 0 spiro atoms. The lowest BCUT2D eigenvalue weighted by Crippen LogP contribution is -2.49. The van der Waals surface area contributed by atoms with Crippen LogP contribution in [0.15, 0.2) is 29.5 Å². The second-order valence-electron chi connectivity index (χ2n) is 6.33. The first kappa shape index (κ1) is 16.5. The van der Waals surface area contributed by atoms with Gasteiger partial charge in [-0.2, -0.15) is 0 Å². The largest absolute Gasteiger partial charge is 0.378 e. The van der Waals surface area contributed by atoms with Crippen LogP contribution in [0.5, 0.6) is 0 Å². The fraction of sp³-hybridized carbons (Fsp3) is 0.444. The van der Waals surface area contributed by atoms with Crippen molar-refractivity contribution >= 4 is 11.9 Å². The average molecular weight is 329 g/mol. The number of nitrogens with zero attached hydrogens (tertiary/aromatic N) is 1. The fourth-order valence-corrected chi connectivity index (χ4v) is 3.30. The molecule has 2 aliphatic rings. The van der Waals surface area contributed by atoms with Crippen molar-refractivity contribution in [3.8, 4) is 0 Å². The van der Waals surface area contributed by atoms with Crippen LogP contribution in [-0.2, 0) is 9.53 Å². The van der Waals surface area contributed by atoms with Crippen LogP contribution in [0.25, 0.3) is 0 Å². The predicted octanol–water partition coefficient (Wildman–Crippen LogP) is 1.79. The van der Waals surface area contributed by atoms with Crippen molar-refractivity contribution in [2.75, 3.05) is 26.3 Å². The van der Waals surface area contributed by atoms with Crippen LogP contribution < -0.4 is 10.6 Å². The molecule has 6 nitrogen and oxygen atoms in total. The van der Waals surface area contributed by atoms with Gasteiger partial charge in [-0.05, 0) is 31.9 Å². The van der Waals surface area contributed by atoms with Gasteiger partial charge in [0.25, 0.3) is 5.91 Å². The lowest BCUT2D eigenvalue weighted by Gasteiger charge is -2.34. The minimum Gasteiger partial charge on any atom is -0.378 e. The first-order valence-corrected chi connectivity index (χ1v) is 8.20. The minimum absolute atomic E-state index is 0.0479. The number of amides is 3. The summed E-state index contributed by atoms with van der Waals surface area (Å²) in [6.45, 7) is 8.05. The summed E-state index contributed by atoms with van der Waals surface area (Å²) in [5.74, 6) is -0.0479. The molecule has 1 saturated heterocycles. The minimum atomic E-state index is -0.435. The molecule has 3 rings (SSSR count). The van der Waals surface area contributed by atoms with E-state index in [1.54, 1.807) is 11.8 Å². The SMILES string of the molecule is CC1=C(C(=O)N2CCOCC2)[C@H](c2ccc(C)cc2C)NC(=O)N1. The number of hydrogen-bond donors (Lipinski definition) is 2. The molecule has 24 heavy (non-hydrogen) atoms. The number of rotatable bonds is 2. The third kappa shape index (κ3) is 3.14. The maximum Gasteiger partial charge on any atom is 0.319 e. The Bertz CT molecular complexity index is 705. The van der Waals surface area contributed by atoms with Gasteiger partial charge in [0.15, 0.2) is 0 Å². The molecule has 1 fully saturated rings. The summed E-state index contributed by atoms with van der Waals surface area (Å²) in [5.41, 5.74) is 4.37. The third-order valence-corrected chi connectivity index (χ3v) is 4.53. The number of allylic oxidation sites excluding steroid dienone is 1. The number of carbonyl (C=O) groups excluding carboxylic acids is 2. The van der Waals surface area contributed by atoms with E-state index in [9.17, 15) is 9.59 Å². The van der Waals surface area contributed by atoms with Gasteiger partial charge in [0.05, 0.1) is 24.8 Å². The molecular formula is C18H23N3O3. The standard InChI is InChI=1S/C18H23N3O3/c1-11-4-5-14(12(2)10-11)16-15(13(3)19-18(23)20-16)17(22)21-6-8-24-9-7-21/h4-5,10,16H,6-9H2,1-3H3,(H2,19,20,23)/t16-/m0/s1. The van der Waals surface area contributed by atoms with Crippen LogP contribution in [-0.4, -0.2) is 43.1 Å². The normalized spacial score (nSPS) is 21.4. The van der Waals surface area contributed by atoms with E-state index in [2.05, 4.69) is 16.7 Å². The zero-order valence-corrected chi connectivity index (χ0v) is 14.3. The van der Waals surface area contributed by atoms with Gasteiger partial charge < -0.3 is 20.3 Å². The van der Waals surface area contributed by atoms with E-state index < -0.39 is 6.04 Å². The van der Waals surface area contributed by atoms with Gasteiger partial charge in [0.1, 0.15) is 0 Å². The summed E-state index contributed by atoms with van der Waals surface area (Å²) >= 11 is 0. The fourth-order valence-electron chi connectivity index (χ4n) is 3.30. The topological polar surface area (TPSA) is 70.7 Å². The summed E-state index contributed by atoms with van der Waals surface area (Å²) in [6.07, 6.45) is 0. The van der Waals surface area contributed by atoms with Crippen LogP contribution in [0.3, 0.4) is 0 Å². The zero-order chi connectivity index (χ0) is 17.3. The van der Waals surface area contributed by atoms with E-state index in [0.717, 1.165) is 16.7 Å².